The minimum absolute atomic E-state index is 0. The number of carbonyl (C=O) groups excluding carboxylic acids is 2. The lowest BCUT2D eigenvalue weighted by Gasteiger charge is -2.58. The second kappa shape index (κ2) is 23.6. The molecule has 0 aromatic rings. The second-order valence-corrected chi connectivity index (χ2v) is 21.1. The summed E-state index contributed by atoms with van der Waals surface area (Å²) in [5.74, 6) is 5.55. The number of nitrogens with one attached hydrogen (secondary N) is 1. The molecule has 57 heavy (non-hydrogen) atoms. The highest BCUT2D eigenvalue weighted by Gasteiger charge is 2.59. The zero-order valence-corrected chi connectivity index (χ0v) is 40.5. The van der Waals surface area contributed by atoms with E-state index in [9.17, 15) is 9.59 Å². The molecule has 336 valence electrons. The molecule has 4 aliphatic rings. The van der Waals surface area contributed by atoms with Crippen LogP contribution < -0.4 is 16.8 Å². The minimum Gasteiger partial charge on any atom is -0.462 e. The van der Waals surface area contributed by atoms with Crippen LogP contribution in [0.5, 0.6) is 0 Å². The lowest BCUT2D eigenvalue weighted by molar-refractivity contribution is -0.153. The molecular formula is C47H89Cl3N4O3. The van der Waals surface area contributed by atoms with Gasteiger partial charge in [0.25, 0.3) is 0 Å². The number of allylic oxidation sites excluding steroid dienone is 1. The van der Waals surface area contributed by atoms with Crippen molar-refractivity contribution in [3.05, 3.63) is 11.6 Å². The molecular weight excluding hydrogens is 775 g/mol. The van der Waals surface area contributed by atoms with Crippen molar-refractivity contribution in [2.75, 3.05) is 26.2 Å². The quantitative estimate of drug-likeness (QED) is 0.0602. The first-order valence-electron chi connectivity index (χ1n) is 22.7. The summed E-state index contributed by atoms with van der Waals surface area (Å²) in [6.07, 6.45) is 20.2. The molecule has 1 amide bonds. The van der Waals surface area contributed by atoms with Gasteiger partial charge in [-0.25, -0.2) is 0 Å². The summed E-state index contributed by atoms with van der Waals surface area (Å²) in [6.45, 7) is 26.2. The zero-order chi connectivity index (χ0) is 39.9. The van der Waals surface area contributed by atoms with Crippen LogP contribution in [-0.2, 0) is 14.3 Å². The molecule has 4 aliphatic carbocycles. The van der Waals surface area contributed by atoms with E-state index in [4.69, 9.17) is 16.2 Å². The summed E-state index contributed by atoms with van der Waals surface area (Å²) < 4.78 is 6.13. The summed E-state index contributed by atoms with van der Waals surface area (Å²) in [7, 11) is 0. The van der Waals surface area contributed by atoms with Crippen LogP contribution in [0.15, 0.2) is 11.6 Å². The third kappa shape index (κ3) is 15.1. The van der Waals surface area contributed by atoms with Crippen LogP contribution in [0.3, 0.4) is 0 Å². The first-order valence-corrected chi connectivity index (χ1v) is 22.7. The molecule has 3 saturated carbocycles. The van der Waals surface area contributed by atoms with Crippen molar-refractivity contribution in [1.29, 1.82) is 0 Å². The van der Waals surface area contributed by atoms with Crippen molar-refractivity contribution in [2.24, 2.45) is 63.7 Å². The zero-order valence-electron chi connectivity index (χ0n) is 38.1. The van der Waals surface area contributed by atoms with E-state index in [1.165, 1.54) is 51.4 Å². The average Bonchev–Trinajstić information content (AvgIpc) is 3.44. The SMILES string of the molecule is CC[C@H](CC[C@@H](C)C1CCC2C3CC=C4CC(OC(=O)CCC(=O)N(CCCCNCCC(C)(C)N)CCC(C)(C)N)CCC4(C)C3CCC21C)C(C)C.Cl.Cl.Cl. The van der Waals surface area contributed by atoms with Crippen LogP contribution in [0.4, 0.5) is 0 Å². The Morgan fingerprint density at radius 3 is 2.19 bits per heavy atom. The van der Waals surface area contributed by atoms with Crippen molar-refractivity contribution in [1.82, 2.24) is 10.2 Å². The van der Waals surface area contributed by atoms with E-state index in [-0.39, 0.29) is 84.5 Å². The first kappa shape index (κ1) is 54.4. The summed E-state index contributed by atoms with van der Waals surface area (Å²) in [4.78, 5) is 28.5. The molecule has 7 unspecified atom stereocenters. The molecule has 0 heterocycles. The number of nitrogens with zero attached hydrogens (tertiary/aromatic N) is 1. The highest BCUT2D eigenvalue weighted by Crippen LogP contribution is 2.67. The van der Waals surface area contributed by atoms with Gasteiger partial charge < -0.3 is 26.4 Å². The Hall–Kier alpha value is -0.570. The molecule has 4 rings (SSSR count). The Kier molecular flexibility index (Phi) is 22.5. The number of ether oxygens (including phenoxy) is 1. The van der Waals surface area contributed by atoms with Gasteiger partial charge in [0.2, 0.25) is 5.91 Å². The Labute approximate surface area is 369 Å². The molecule has 3 fully saturated rings. The molecule has 0 bridgehead atoms. The minimum atomic E-state index is -0.349. The molecule has 5 N–H and O–H groups in total. The Bertz CT molecular complexity index is 1250. The van der Waals surface area contributed by atoms with Crippen LogP contribution in [0.1, 0.15) is 178 Å². The summed E-state index contributed by atoms with van der Waals surface area (Å²) in [6, 6.07) is 0. The number of unbranched alkanes of at least 4 members (excludes halogenated alkanes) is 1. The van der Waals surface area contributed by atoms with E-state index in [0.29, 0.717) is 18.5 Å². The average molecular weight is 865 g/mol. The van der Waals surface area contributed by atoms with Crippen LogP contribution in [0, 0.1) is 52.3 Å². The van der Waals surface area contributed by atoms with Gasteiger partial charge in [-0.1, -0.05) is 66.0 Å². The molecule has 7 nitrogen and oxygen atoms in total. The maximum Gasteiger partial charge on any atom is 0.306 e. The molecule has 10 heteroatoms. The number of fused-ring (bicyclic) bond motifs is 5. The van der Waals surface area contributed by atoms with Gasteiger partial charge >= 0.3 is 5.97 Å². The molecule has 0 radical (unpaired) electrons. The van der Waals surface area contributed by atoms with E-state index in [0.717, 1.165) is 99.5 Å². The normalized spacial score (nSPS) is 29.3. The van der Waals surface area contributed by atoms with E-state index < -0.39 is 0 Å². The lowest BCUT2D eigenvalue weighted by atomic mass is 9.47. The molecule has 0 saturated heterocycles. The number of carbonyl (C=O) groups is 2. The van der Waals surface area contributed by atoms with Gasteiger partial charge in [0.15, 0.2) is 0 Å². The molecule has 0 aromatic carbocycles. The molecule has 9 atom stereocenters. The Morgan fingerprint density at radius 1 is 0.877 bits per heavy atom. The van der Waals surface area contributed by atoms with Gasteiger partial charge in [-0.3, -0.25) is 9.59 Å². The van der Waals surface area contributed by atoms with Crippen molar-refractivity contribution in [2.45, 2.75) is 196 Å². The Balaban J connectivity index is 0.00000541. The van der Waals surface area contributed by atoms with Crippen LogP contribution in [-0.4, -0.2) is 60.1 Å². The van der Waals surface area contributed by atoms with Crippen molar-refractivity contribution >= 4 is 49.1 Å². The van der Waals surface area contributed by atoms with E-state index in [1.54, 1.807) is 5.57 Å². The number of nitrogens with two attached hydrogens (primary N) is 2. The van der Waals surface area contributed by atoms with Crippen LogP contribution in [0.25, 0.3) is 0 Å². The van der Waals surface area contributed by atoms with Crippen LogP contribution >= 0.6 is 37.2 Å². The summed E-state index contributed by atoms with van der Waals surface area (Å²) in [5.41, 5.74) is 14.1. The van der Waals surface area contributed by atoms with Crippen molar-refractivity contribution in [3.63, 3.8) is 0 Å². The van der Waals surface area contributed by atoms with Gasteiger partial charge in [-0.15, -0.1) is 37.2 Å². The smallest absolute Gasteiger partial charge is 0.306 e. The number of esters is 1. The molecule has 0 aromatic heterocycles. The highest BCUT2D eigenvalue weighted by molar-refractivity contribution is 5.86. The third-order valence-electron chi connectivity index (χ3n) is 15.5. The second-order valence-electron chi connectivity index (χ2n) is 21.1. The van der Waals surface area contributed by atoms with Gasteiger partial charge in [0.1, 0.15) is 6.10 Å². The number of amides is 1. The fourth-order valence-electron chi connectivity index (χ4n) is 11.9. The number of hydrogen-bond acceptors (Lipinski definition) is 6. The molecule has 0 spiro atoms. The maximum atomic E-state index is 13.4. The van der Waals surface area contributed by atoms with Crippen molar-refractivity contribution < 1.29 is 14.3 Å². The monoisotopic (exact) mass is 863 g/mol. The van der Waals surface area contributed by atoms with Gasteiger partial charge in [0, 0.05) is 37.0 Å². The van der Waals surface area contributed by atoms with E-state index in [2.05, 4.69) is 52.9 Å². The van der Waals surface area contributed by atoms with Gasteiger partial charge in [0.05, 0.1) is 6.42 Å². The lowest BCUT2D eigenvalue weighted by Crippen LogP contribution is -2.51. The standard InChI is InChI=1S/C47H86N4O3.3ClH/c1-11-35(33(2)3)15-14-34(4)39-18-19-40-38-17-16-36-32-37(22-24-46(36,9)41(38)23-25-47(39,40)10)54-43(53)21-20-42(52)51(31-27-45(7,8)49)30-13-12-28-50-29-26-44(5,6)48;;;/h16,33-35,37-41,50H,11-15,17-32,48-49H2,1-10H3;3*1H/t34-,35-,37?,38?,39?,40?,41?,46?,47?;;;/m1.../s1. The third-order valence-corrected chi connectivity index (χ3v) is 15.5. The predicted molar refractivity (Wildman–Crippen MR) is 248 cm³/mol. The predicted octanol–water partition coefficient (Wildman–Crippen LogP) is 11.1. The topological polar surface area (TPSA) is 111 Å². The van der Waals surface area contributed by atoms with E-state index >= 15 is 0 Å². The fraction of sp³-hybridized carbons (Fsp3) is 0.915. The highest BCUT2D eigenvalue weighted by atomic mass is 35.5. The summed E-state index contributed by atoms with van der Waals surface area (Å²) in [5, 5.41) is 3.47. The first-order chi connectivity index (χ1) is 25.3. The number of halogens is 3. The van der Waals surface area contributed by atoms with Gasteiger partial charge in [-0.2, -0.15) is 0 Å². The number of rotatable bonds is 21. The van der Waals surface area contributed by atoms with Crippen molar-refractivity contribution in [3.8, 4) is 0 Å². The van der Waals surface area contributed by atoms with Gasteiger partial charge in [-0.05, 0) is 170 Å². The van der Waals surface area contributed by atoms with Crippen LogP contribution in [0.2, 0.25) is 0 Å². The largest absolute Gasteiger partial charge is 0.462 e. The van der Waals surface area contributed by atoms with E-state index in [1.807, 2.05) is 32.6 Å². The summed E-state index contributed by atoms with van der Waals surface area (Å²) >= 11 is 0. The molecule has 0 aliphatic heterocycles. The maximum absolute atomic E-state index is 13.4. The number of hydrogen-bond donors (Lipinski definition) is 3. The fourth-order valence-corrected chi connectivity index (χ4v) is 11.9. The Morgan fingerprint density at radius 2 is 1.56 bits per heavy atom.